The van der Waals surface area contributed by atoms with Crippen LogP contribution < -0.4 is 0 Å². The Morgan fingerprint density at radius 2 is 1.52 bits per heavy atom. The van der Waals surface area contributed by atoms with Gasteiger partial charge < -0.3 is 20.4 Å². The van der Waals surface area contributed by atoms with Gasteiger partial charge in [-0.1, -0.05) is 67.7 Å². The van der Waals surface area contributed by atoms with Gasteiger partial charge in [0.1, 0.15) is 0 Å². The van der Waals surface area contributed by atoms with E-state index in [2.05, 4.69) is 0 Å². The molecule has 140 valence electrons. The molecule has 5 nitrogen and oxygen atoms in total. The van der Waals surface area contributed by atoms with Crippen LogP contribution >= 0.6 is 0 Å². The van der Waals surface area contributed by atoms with E-state index in [1.54, 1.807) is 42.5 Å². The fourth-order valence-electron chi connectivity index (χ4n) is 1.87. The Bertz CT molecular complexity index is 488. The maximum absolute atomic E-state index is 10.4. The zero-order valence-corrected chi connectivity index (χ0v) is 14.7. The van der Waals surface area contributed by atoms with E-state index >= 15 is 0 Å². The molecule has 0 aromatic heterocycles. The van der Waals surface area contributed by atoms with Gasteiger partial charge in [-0.25, -0.2) is 0 Å². The normalized spacial score (nSPS) is 16.6. The van der Waals surface area contributed by atoms with E-state index in [9.17, 15) is 20.1 Å². The van der Waals surface area contributed by atoms with Crippen LogP contribution in [0.25, 0.3) is 0 Å². The Kier molecular flexibility index (Phi) is 14.4. The molecule has 0 radical (unpaired) electrons. The maximum atomic E-state index is 10.4. The van der Waals surface area contributed by atoms with Gasteiger partial charge in [-0.15, -0.1) is 0 Å². The number of carboxylic acid groups (broad SMARTS) is 1. The molecule has 25 heavy (non-hydrogen) atoms. The lowest BCUT2D eigenvalue weighted by molar-refractivity contribution is -0.137. The predicted octanol–water partition coefficient (Wildman–Crippen LogP) is 2.91. The quantitative estimate of drug-likeness (QED) is 0.302. The summed E-state index contributed by atoms with van der Waals surface area (Å²) in [5.41, 5.74) is 0. The highest BCUT2D eigenvalue weighted by molar-refractivity contribution is 5.66. The highest BCUT2D eigenvalue weighted by Crippen LogP contribution is 2.06. The number of hydrogen-bond acceptors (Lipinski definition) is 4. The van der Waals surface area contributed by atoms with E-state index < -0.39 is 24.3 Å². The van der Waals surface area contributed by atoms with Crippen LogP contribution in [0.2, 0.25) is 0 Å². The van der Waals surface area contributed by atoms with Crippen molar-refractivity contribution in [1.29, 1.82) is 0 Å². The first kappa shape index (κ1) is 23.1. The molecule has 4 N–H and O–H groups in total. The van der Waals surface area contributed by atoms with Gasteiger partial charge in [-0.05, 0) is 25.7 Å². The molecule has 0 unspecified atom stereocenters. The molecule has 0 aliphatic heterocycles. The molecule has 0 saturated carbocycles. The molecule has 0 bridgehead atoms. The molecular weight excluding hydrogens is 320 g/mol. The Labute approximate surface area is 150 Å². The van der Waals surface area contributed by atoms with E-state index in [4.69, 9.17) is 5.11 Å². The van der Waals surface area contributed by atoms with Crippen molar-refractivity contribution in [3.63, 3.8) is 0 Å². The smallest absolute Gasteiger partial charge is 0.303 e. The van der Waals surface area contributed by atoms with Crippen molar-refractivity contribution in [3.05, 3.63) is 60.8 Å². The zero-order chi connectivity index (χ0) is 18.9. The third-order valence-corrected chi connectivity index (χ3v) is 3.26. The highest BCUT2D eigenvalue weighted by Gasteiger charge is 2.12. The Hall–Kier alpha value is -1.95. The zero-order valence-electron chi connectivity index (χ0n) is 14.7. The van der Waals surface area contributed by atoms with Gasteiger partial charge >= 0.3 is 5.97 Å². The topological polar surface area (TPSA) is 98.0 Å². The number of carbonyl (C=O) groups is 1. The number of allylic oxidation sites excluding steroid dienone is 7. The summed E-state index contributed by atoms with van der Waals surface area (Å²) >= 11 is 0. The fourth-order valence-corrected chi connectivity index (χ4v) is 1.87. The molecule has 0 aromatic carbocycles. The van der Waals surface area contributed by atoms with Crippen LogP contribution in [-0.4, -0.2) is 44.7 Å². The van der Waals surface area contributed by atoms with Crippen LogP contribution in [0.3, 0.4) is 0 Å². The van der Waals surface area contributed by atoms with Crippen LogP contribution in [0.1, 0.15) is 39.0 Å². The fraction of sp³-hybridized carbons (Fsp3) is 0.450. The number of aliphatic carboxylic acids is 1. The molecule has 0 aromatic rings. The number of aliphatic hydroxyl groups excluding tert-OH is 3. The lowest BCUT2D eigenvalue weighted by atomic mass is 10.1. The van der Waals surface area contributed by atoms with E-state index in [1.807, 2.05) is 19.1 Å². The van der Waals surface area contributed by atoms with Crippen molar-refractivity contribution in [2.24, 2.45) is 0 Å². The summed E-state index contributed by atoms with van der Waals surface area (Å²) in [7, 11) is 0. The summed E-state index contributed by atoms with van der Waals surface area (Å²) in [4.78, 5) is 10.4. The molecular formula is C20H30O5. The third kappa shape index (κ3) is 15.3. The summed E-state index contributed by atoms with van der Waals surface area (Å²) in [5, 5.41) is 37.5. The molecule has 0 saturated heterocycles. The monoisotopic (exact) mass is 350 g/mol. The molecule has 0 aliphatic rings. The van der Waals surface area contributed by atoms with Crippen LogP contribution in [0.4, 0.5) is 0 Å². The molecule has 0 heterocycles. The molecule has 0 amide bonds. The lowest BCUT2D eigenvalue weighted by Gasteiger charge is -2.13. The first-order chi connectivity index (χ1) is 12.0. The molecule has 0 aliphatic carbocycles. The van der Waals surface area contributed by atoms with Crippen molar-refractivity contribution in [2.45, 2.75) is 57.3 Å². The van der Waals surface area contributed by atoms with Gasteiger partial charge in [0.05, 0.1) is 18.3 Å². The summed E-state index contributed by atoms with van der Waals surface area (Å²) in [6.07, 6.45) is 17.2. The van der Waals surface area contributed by atoms with Crippen LogP contribution in [0.15, 0.2) is 60.8 Å². The first-order valence-corrected chi connectivity index (χ1v) is 8.56. The number of carboxylic acids is 1. The van der Waals surface area contributed by atoms with Crippen molar-refractivity contribution in [1.82, 2.24) is 0 Å². The Balaban J connectivity index is 4.02. The second kappa shape index (κ2) is 15.6. The van der Waals surface area contributed by atoms with Gasteiger partial charge in [-0.2, -0.15) is 0 Å². The van der Waals surface area contributed by atoms with Crippen molar-refractivity contribution in [3.8, 4) is 0 Å². The third-order valence-electron chi connectivity index (χ3n) is 3.26. The van der Waals surface area contributed by atoms with E-state index in [0.29, 0.717) is 12.8 Å². The predicted molar refractivity (Wildman–Crippen MR) is 100 cm³/mol. The minimum absolute atomic E-state index is 0.0186. The Morgan fingerprint density at radius 1 is 0.920 bits per heavy atom. The van der Waals surface area contributed by atoms with Crippen LogP contribution in [0.5, 0.6) is 0 Å². The van der Waals surface area contributed by atoms with Gasteiger partial charge in [-0.3, -0.25) is 4.79 Å². The minimum atomic E-state index is -1.02. The molecule has 0 fully saturated rings. The standard InChI is InChI=1S/C20H30O5/c1-2-3-8-12-17(21)13-9-6-4-5-7-10-14-18(22)19(23)15-11-16-20(24)25/h3-10,13-14,17-19,21-23H,2,11-12,15-16H2,1H3,(H,24,25)/b6-4-,7-5+,8-3-,13-9+,14-10+/t17-,18+,19-/m0/s1. The summed E-state index contributed by atoms with van der Waals surface area (Å²) in [6.45, 7) is 2.04. The van der Waals surface area contributed by atoms with Crippen molar-refractivity contribution < 1.29 is 25.2 Å². The van der Waals surface area contributed by atoms with Gasteiger partial charge in [0, 0.05) is 6.42 Å². The second-order valence-electron chi connectivity index (χ2n) is 5.57. The molecule has 5 heteroatoms. The highest BCUT2D eigenvalue weighted by atomic mass is 16.4. The average molecular weight is 350 g/mol. The summed E-state index contributed by atoms with van der Waals surface area (Å²) in [5.74, 6) is -0.911. The number of hydrogen-bond donors (Lipinski definition) is 4. The van der Waals surface area contributed by atoms with Crippen molar-refractivity contribution >= 4 is 5.97 Å². The molecule has 0 rings (SSSR count). The average Bonchev–Trinajstić information content (AvgIpc) is 2.56. The minimum Gasteiger partial charge on any atom is -0.481 e. The van der Waals surface area contributed by atoms with Crippen LogP contribution in [0, 0.1) is 0 Å². The SMILES string of the molecule is CC/C=C\C[C@H](O)/C=C/C=C\C=C\C=C\[C@@H](O)[C@@H](O)CCCC(=O)O. The van der Waals surface area contributed by atoms with E-state index in [-0.39, 0.29) is 12.8 Å². The maximum Gasteiger partial charge on any atom is 0.303 e. The van der Waals surface area contributed by atoms with Crippen molar-refractivity contribution in [2.75, 3.05) is 0 Å². The van der Waals surface area contributed by atoms with E-state index in [0.717, 1.165) is 6.42 Å². The number of rotatable bonds is 13. The van der Waals surface area contributed by atoms with Gasteiger partial charge in [0.15, 0.2) is 0 Å². The Morgan fingerprint density at radius 3 is 2.12 bits per heavy atom. The summed E-state index contributed by atoms with van der Waals surface area (Å²) < 4.78 is 0. The van der Waals surface area contributed by atoms with Crippen LogP contribution in [-0.2, 0) is 4.79 Å². The number of aliphatic hydroxyl groups is 3. The largest absolute Gasteiger partial charge is 0.481 e. The molecule has 3 atom stereocenters. The lowest BCUT2D eigenvalue weighted by Crippen LogP contribution is -2.23. The molecule has 0 spiro atoms. The van der Waals surface area contributed by atoms with E-state index in [1.165, 1.54) is 6.08 Å². The van der Waals surface area contributed by atoms with Gasteiger partial charge in [0.2, 0.25) is 0 Å². The first-order valence-electron chi connectivity index (χ1n) is 8.56. The summed E-state index contributed by atoms with van der Waals surface area (Å²) in [6, 6.07) is 0. The second-order valence-corrected chi connectivity index (χ2v) is 5.57. The van der Waals surface area contributed by atoms with Gasteiger partial charge in [0.25, 0.3) is 0 Å².